The van der Waals surface area contributed by atoms with Crippen LogP contribution >= 0.6 is 34.2 Å². The molecular formula is C6H2ClF3IN. The SMILES string of the molecule is Fc1c(I)cnc(C(F)F)c1Cl. The average molecular weight is 307 g/mol. The molecule has 0 aliphatic heterocycles. The van der Waals surface area contributed by atoms with E-state index >= 15 is 0 Å². The van der Waals surface area contributed by atoms with Gasteiger partial charge in [0.1, 0.15) is 10.7 Å². The van der Waals surface area contributed by atoms with Gasteiger partial charge >= 0.3 is 0 Å². The zero-order valence-electron chi connectivity index (χ0n) is 5.49. The summed E-state index contributed by atoms with van der Waals surface area (Å²) >= 11 is 6.89. The van der Waals surface area contributed by atoms with Gasteiger partial charge in [-0.1, -0.05) is 11.6 Å². The van der Waals surface area contributed by atoms with Crippen LogP contribution in [-0.2, 0) is 0 Å². The standard InChI is InChI=1S/C6H2ClF3IN/c7-3-4(8)2(11)1-12-5(3)6(9)10/h1,6H. The minimum Gasteiger partial charge on any atom is -0.252 e. The van der Waals surface area contributed by atoms with Gasteiger partial charge in [-0.3, -0.25) is 4.98 Å². The van der Waals surface area contributed by atoms with Crippen LogP contribution in [-0.4, -0.2) is 4.98 Å². The Morgan fingerprint density at radius 3 is 2.58 bits per heavy atom. The summed E-state index contributed by atoms with van der Waals surface area (Å²) in [7, 11) is 0. The van der Waals surface area contributed by atoms with Crippen molar-refractivity contribution in [3.05, 3.63) is 26.3 Å². The Bertz CT molecular complexity index is 305. The third-order valence-electron chi connectivity index (χ3n) is 1.15. The minimum absolute atomic E-state index is 0.127. The number of hydrogen-bond donors (Lipinski definition) is 0. The first-order valence-corrected chi connectivity index (χ1v) is 4.27. The van der Waals surface area contributed by atoms with E-state index in [1.54, 1.807) is 22.6 Å². The van der Waals surface area contributed by atoms with Crippen molar-refractivity contribution < 1.29 is 13.2 Å². The van der Waals surface area contributed by atoms with Crippen molar-refractivity contribution in [3.8, 4) is 0 Å². The number of aromatic nitrogens is 1. The van der Waals surface area contributed by atoms with E-state index in [0.717, 1.165) is 6.20 Å². The summed E-state index contributed by atoms with van der Waals surface area (Å²) in [6.07, 6.45) is -1.83. The van der Waals surface area contributed by atoms with Gasteiger partial charge in [0.15, 0.2) is 5.82 Å². The van der Waals surface area contributed by atoms with Gasteiger partial charge in [-0.05, 0) is 22.6 Å². The van der Waals surface area contributed by atoms with E-state index in [4.69, 9.17) is 11.6 Å². The number of rotatable bonds is 1. The van der Waals surface area contributed by atoms with Gasteiger partial charge in [-0.2, -0.15) is 0 Å². The van der Waals surface area contributed by atoms with Crippen molar-refractivity contribution in [3.63, 3.8) is 0 Å². The van der Waals surface area contributed by atoms with Gasteiger partial charge in [0.2, 0.25) is 0 Å². The van der Waals surface area contributed by atoms with E-state index < -0.39 is 23.0 Å². The molecule has 0 aliphatic rings. The van der Waals surface area contributed by atoms with Gasteiger partial charge < -0.3 is 0 Å². The first-order chi connectivity index (χ1) is 5.54. The summed E-state index contributed by atoms with van der Waals surface area (Å²) < 4.78 is 37.0. The highest BCUT2D eigenvalue weighted by atomic mass is 127. The maximum absolute atomic E-state index is 12.8. The Morgan fingerprint density at radius 1 is 1.50 bits per heavy atom. The molecule has 12 heavy (non-hydrogen) atoms. The highest BCUT2D eigenvalue weighted by Gasteiger charge is 2.18. The van der Waals surface area contributed by atoms with Crippen LogP contribution in [0.5, 0.6) is 0 Å². The second kappa shape index (κ2) is 3.78. The van der Waals surface area contributed by atoms with Crippen molar-refractivity contribution in [2.45, 2.75) is 6.43 Å². The van der Waals surface area contributed by atoms with Gasteiger partial charge in [0.05, 0.1) is 3.57 Å². The van der Waals surface area contributed by atoms with Crippen LogP contribution in [0.25, 0.3) is 0 Å². The fraction of sp³-hybridized carbons (Fsp3) is 0.167. The van der Waals surface area contributed by atoms with Crippen molar-refractivity contribution in [1.29, 1.82) is 0 Å². The van der Waals surface area contributed by atoms with E-state index in [1.165, 1.54) is 0 Å². The van der Waals surface area contributed by atoms with Crippen LogP contribution in [0, 0.1) is 9.39 Å². The molecule has 1 rings (SSSR count). The summed E-state index contributed by atoms with van der Waals surface area (Å²) in [6, 6.07) is 0. The first kappa shape index (κ1) is 10.0. The molecule has 1 nitrogen and oxygen atoms in total. The van der Waals surface area contributed by atoms with Gasteiger partial charge in [0, 0.05) is 6.20 Å². The molecule has 0 spiro atoms. The van der Waals surface area contributed by atoms with Crippen molar-refractivity contribution in [2.24, 2.45) is 0 Å². The molecule has 0 aromatic carbocycles. The molecule has 0 fully saturated rings. The summed E-state index contributed by atoms with van der Waals surface area (Å²) in [4.78, 5) is 3.31. The number of hydrogen-bond acceptors (Lipinski definition) is 1. The second-order valence-electron chi connectivity index (χ2n) is 1.92. The van der Waals surface area contributed by atoms with Crippen LogP contribution in [0.2, 0.25) is 5.02 Å². The maximum atomic E-state index is 12.8. The molecule has 0 radical (unpaired) electrons. The van der Waals surface area contributed by atoms with Crippen LogP contribution in [0.4, 0.5) is 13.2 Å². The predicted octanol–water partition coefficient (Wildman–Crippen LogP) is 3.42. The fourth-order valence-electron chi connectivity index (χ4n) is 0.609. The van der Waals surface area contributed by atoms with Crippen molar-refractivity contribution >= 4 is 34.2 Å². The van der Waals surface area contributed by atoms with E-state index in [9.17, 15) is 13.2 Å². The van der Waals surface area contributed by atoms with Crippen molar-refractivity contribution in [1.82, 2.24) is 4.98 Å². The monoisotopic (exact) mass is 307 g/mol. The first-order valence-electron chi connectivity index (χ1n) is 2.81. The molecule has 66 valence electrons. The lowest BCUT2D eigenvalue weighted by Gasteiger charge is -2.02. The van der Waals surface area contributed by atoms with E-state index in [0.29, 0.717) is 0 Å². The molecule has 6 heteroatoms. The van der Waals surface area contributed by atoms with E-state index in [1.807, 2.05) is 0 Å². The fourth-order valence-corrected chi connectivity index (χ4v) is 1.41. The number of alkyl halides is 2. The number of nitrogens with zero attached hydrogens (tertiary/aromatic N) is 1. The highest BCUT2D eigenvalue weighted by molar-refractivity contribution is 14.1. The molecule has 0 amide bonds. The molecule has 0 saturated heterocycles. The summed E-state index contributed by atoms with van der Waals surface area (Å²) in [5.74, 6) is -0.845. The number of halogens is 5. The molecule has 0 bridgehead atoms. The third kappa shape index (κ3) is 1.82. The van der Waals surface area contributed by atoms with E-state index in [2.05, 4.69) is 4.98 Å². The summed E-state index contributed by atoms with van der Waals surface area (Å²) in [5.41, 5.74) is -0.713. The smallest absolute Gasteiger partial charge is 0.252 e. The lowest BCUT2D eigenvalue weighted by molar-refractivity contribution is 0.145. The largest absolute Gasteiger partial charge is 0.281 e. The van der Waals surface area contributed by atoms with Gasteiger partial charge in [0.25, 0.3) is 6.43 Å². The number of pyridine rings is 1. The maximum Gasteiger partial charge on any atom is 0.281 e. The molecule has 1 heterocycles. The molecular weight excluding hydrogens is 305 g/mol. The van der Waals surface area contributed by atoms with Crippen LogP contribution in [0.3, 0.4) is 0 Å². The lowest BCUT2D eigenvalue weighted by atomic mass is 10.3. The third-order valence-corrected chi connectivity index (χ3v) is 2.26. The van der Waals surface area contributed by atoms with Gasteiger partial charge in [-0.15, -0.1) is 0 Å². The van der Waals surface area contributed by atoms with Gasteiger partial charge in [-0.25, -0.2) is 13.2 Å². The topological polar surface area (TPSA) is 12.9 Å². The Balaban J connectivity index is 3.27. The quantitative estimate of drug-likeness (QED) is 0.725. The molecule has 0 unspecified atom stereocenters. The average Bonchev–Trinajstić information content (AvgIpc) is 2.00. The lowest BCUT2D eigenvalue weighted by Crippen LogP contribution is -1.96. The molecule has 0 atom stereocenters. The molecule has 0 N–H and O–H groups in total. The summed E-state index contributed by atoms with van der Waals surface area (Å²) in [5, 5.41) is -0.600. The Morgan fingerprint density at radius 2 is 2.08 bits per heavy atom. The van der Waals surface area contributed by atoms with E-state index in [-0.39, 0.29) is 3.57 Å². The molecule has 1 aromatic rings. The highest BCUT2D eigenvalue weighted by Crippen LogP contribution is 2.28. The van der Waals surface area contributed by atoms with Crippen LogP contribution < -0.4 is 0 Å². The minimum atomic E-state index is -2.84. The van der Waals surface area contributed by atoms with Crippen LogP contribution in [0.1, 0.15) is 12.1 Å². The Kier molecular flexibility index (Phi) is 3.16. The van der Waals surface area contributed by atoms with Crippen molar-refractivity contribution in [2.75, 3.05) is 0 Å². The predicted molar refractivity (Wildman–Crippen MR) is 46.9 cm³/mol. The molecule has 1 aromatic heterocycles. The zero-order valence-corrected chi connectivity index (χ0v) is 8.41. The molecule has 0 aliphatic carbocycles. The summed E-state index contributed by atoms with van der Waals surface area (Å²) in [6.45, 7) is 0. The normalized spacial score (nSPS) is 10.8. The Hall–Kier alpha value is -0.0400. The second-order valence-corrected chi connectivity index (χ2v) is 3.46. The zero-order chi connectivity index (χ0) is 9.30. The van der Waals surface area contributed by atoms with Crippen LogP contribution in [0.15, 0.2) is 6.20 Å². The Labute approximate surface area is 85.1 Å². The molecule has 0 saturated carbocycles.